The van der Waals surface area contributed by atoms with Crippen molar-refractivity contribution in [2.45, 2.75) is 6.92 Å². The van der Waals surface area contributed by atoms with Crippen molar-refractivity contribution in [3.05, 3.63) is 28.2 Å². The summed E-state index contributed by atoms with van der Waals surface area (Å²) >= 11 is 3.32. The van der Waals surface area contributed by atoms with Crippen LogP contribution >= 0.6 is 15.9 Å². The largest absolute Gasteiger partial charge is 0.480 e. The van der Waals surface area contributed by atoms with E-state index in [9.17, 15) is 9.59 Å². The van der Waals surface area contributed by atoms with E-state index in [0.29, 0.717) is 5.69 Å². The zero-order valence-corrected chi connectivity index (χ0v) is 11.9. The summed E-state index contributed by atoms with van der Waals surface area (Å²) in [5.74, 6) is 1.14. The van der Waals surface area contributed by atoms with Gasteiger partial charge in [0.15, 0.2) is 0 Å². The van der Waals surface area contributed by atoms with Crippen molar-refractivity contribution in [3.63, 3.8) is 0 Å². The van der Waals surface area contributed by atoms with E-state index in [1.165, 1.54) is 0 Å². The molecule has 0 unspecified atom stereocenters. The molecule has 100 valence electrons. The molecule has 0 aliphatic rings. The van der Waals surface area contributed by atoms with Crippen LogP contribution in [0.15, 0.2) is 22.7 Å². The summed E-state index contributed by atoms with van der Waals surface area (Å²) in [7, 11) is 0. The molecule has 0 radical (unpaired) electrons. The van der Waals surface area contributed by atoms with Crippen molar-refractivity contribution in [1.82, 2.24) is 4.90 Å². The maximum absolute atomic E-state index is 11.9. The number of carboxylic acids is 1. The van der Waals surface area contributed by atoms with E-state index >= 15 is 0 Å². The number of aliphatic carboxylic acids is 1. The second-order valence-corrected chi connectivity index (χ2v) is 4.76. The minimum atomic E-state index is -1.11. The molecule has 0 aromatic heterocycles. The van der Waals surface area contributed by atoms with Gasteiger partial charge >= 0.3 is 12.0 Å². The van der Waals surface area contributed by atoms with Gasteiger partial charge in [-0.25, -0.2) is 4.79 Å². The summed E-state index contributed by atoms with van der Waals surface area (Å²) in [6, 6.07) is 4.82. The molecule has 0 atom stereocenters. The van der Waals surface area contributed by atoms with Gasteiger partial charge in [-0.05, 0) is 30.7 Å². The van der Waals surface area contributed by atoms with Crippen LogP contribution in [0.1, 0.15) is 5.56 Å². The topological polar surface area (TPSA) is 69.6 Å². The quantitative estimate of drug-likeness (QED) is 0.835. The molecule has 0 spiro atoms. The predicted molar refractivity (Wildman–Crippen MR) is 75.9 cm³/mol. The van der Waals surface area contributed by atoms with E-state index in [1.807, 2.05) is 13.0 Å². The molecule has 1 rings (SSSR count). The normalized spacial score (nSPS) is 9.53. The molecule has 6 heteroatoms. The van der Waals surface area contributed by atoms with Gasteiger partial charge in [-0.1, -0.05) is 21.9 Å². The number of terminal acetylenes is 1. The van der Waals surface area contributed by atoms with E-state index in [-0.39, 0.29) is 6.54 Å². The van der Waals surface area contributed by atoms with E-state index in [2.05, 4.69) is 27.2 Å². The minimum absolute atomic E-state index is 0.0618. The zero-order valence-electron chi connectivity index (χ0n) is 10.3. The number of amides is 2. The third-order valence-corrected chi connectivity index (χ3v) is 2.82. The molecule has 0 aliphatic carbocycles. The average Bonchev–Trinajstić information content (AvgIpc) is 2.31. The van der Waals surface area contributed by atoms with E-state index in [4.69, 9.17) is 11.5 Å². The van der Waals surface area contributed by atoms with Gasteiger partial charge in [0.05, 0.1) is 6.54 Å². The van der Waals surface area contributed by atoms with Gasteiger partial charge in [-0.15, -0.1) is 6.42 Å². The highest BCUT2D eigenvalue weighted by atomic mass is 79.9. The van der Waals surface area contributed by atoms with Crippen LogP contribution in [0.3, 0.4) is 0 Å². The first-order valence-corrected chi connectivity index (χ1v) is 6.20. The highest BCUT2D eigenvalue weighted by molar-refractivity contribution is 9.10. The molecule has 5 nitrogen and oxygen atoms in total. The maximum atomic E-state index is 11.9. The van der Waals surface area contributed by atoms with Crippen molar-refractivity contribution in [2.24, 2.45) is 0 Å². The molecule has 1 aromatic carbocycles. The average molecular weight is 325 g/mol. The number of rotatable bonds is 4. The number of anilines is 1. The molecule has 0 aliphatic heterocycles. The van der Waals surface area contributed by atoms with Gasteiger partial charge in [0.1, 0.15) is 6.54 Å². The Labute approximate surface area is 119 Å². The van der Waals surface area contributed by atoms with Crippen molar-refractivity contribution in [3.8, 4) is 12.3 Å². The summed E-state index contributed by atoms with van der Waals surface area (Å²) in [6.45, 7) is 1.34. The Kier molecular flexibility index (Phi) is 5.39. The molecular weight excluding hydrogens is 312 g/mol. The molecule has 19 heavy (non-hydrogen) atoms. The highest BCUT2D eigenvalue weighted by Gasteiger charge is 2.16. The monoisotopic (exact) mass is 324 g/mol. The van der Waals surface area contributed by atoms with Crippen LogP contribution in [0.4, 0.5) is 10.5 Å². The highest BCUT2D eigenvalue weighted by Crippen LogP contribution is 2.20. The third-order valence-electron chi connectivity index (χ3n) is 2.33. The standard InChI is InChI=1S/C13H13BrN2O3/c1-3-6-16(8-12(17)18)13(19)15-11-5-4-10(14)7-9(11)2/h1,4-5,7H,6,8H2,2H3,(H,15,19)(H,17,18). The van der Waals surface area contributed by atoms with Crippen LogP contribution in [0.5, 0.6) is 0 Å². The van der Waals surface area contributed by atoms with Crippen LogP contribution in [-0.2, 0) is 4.79 Å². The van der Waals surface area contributed by atoms with E-state index in [0.717, 1.165) is 14.9 Å². The minimum Gasteiger partial charge on any atom is -0.480 e. The Bertz CT molecular complexity index is 537. The lowest BCUT2D eigenvalue weighted by molar-refractivity contribution is -0.137. The van der Waals surface area contributed by atoms with Crippen LogP contribution in [0.2, 0.25) is 0 Å². The molecule has 1 aromatic rings. The van der Waals surface area contributed by atoms with Crippen molar-refractivity contribution in [2.75, 3.05) is 18.4 Å². The Morgan fingerprint density at radius 1 is 1.53 bits per heavy atom. The van der Waals surface area contributed by atoms with Crippen LogP contribution < -0.4 is 5.32 Å². The van der Waals surface area contributed by atoms with Crippen molar-refractivity contribution >= 4 is 33.6 Å². The zero-order chi connectivity index (χ0) is 14.4. The number of nitrogens with zero attached hydrogens (tertiary/aromatic N) is 1. The first-order chi connectivity index (χ1) is 8.93. The number of carboxylic acid groups (broad SMARTS) is 1. The number of urea groups is 1. The summed E-state index contributed by atoms with van der Waals surface area (Å²) in [4.78, 5) is 23.6. The van der Waals surface area contributed by atoms with Crippen LogP contribution in [0, 0.1) is 19.3 Å². The lowest BCUT2D eigenvalue weighted by atomic mass is 10.2. The maximum Gasteiger partial charge on any atom is 0.323 e. The first-order valence-electron chi connectivity index (χ1n) is 5.41. The van der Waals surface area contributed by atoms with Crippen LogP contribution in [0.25, 0.3) is 0 Å². The lowest BCUT2D eigenvalue weighted by Gasteiger charge is -2.19. The number of hydrogen-bond acceptors (Lipinski definition) is 2. The fourth-order valence-corrected chi connectivity index (χ4v) is 1.91. The number of benzene rings is 1. The van der Waals surface area contributed by atoms with E-state index < -0.39 is 18.5 Å². The van der Waals surface area contributed by atoms with Crippen molar-refractivity contribution < 1.29 is 14.7 Å². The second kappa shape index (κ2) is 6.81. The predicted octanol–water partition coefficient (Wildman–Crippen LogP) is 2.31. The second-order valence-electron chi connectivity index (χ2n) is 3.84. The summed E-state index contributed by atoms with van der Waals surface area (Å²) in [6.07, 6.45) is 5.12. The first kappa shape index (κ1) is 15.1. The lowest BCUT2D eigenvalue weighted by Crippen LogP contribution is -2.39. The van der Waals surface area contributed by atoms with E-state index in [1.54, 1.807) is 12.1 Å². The molecule has 0 fully saturated rings. The number of carbonyl (C=O) groups excluding carboxylic acids is 1. The van der Waals surface area contributed by atoms with Gasteiger partial charge in [0.2, 0.25) is 0 Å². The Balaban J connectivity index is 2.81. The summed E-state index contributed by atoms with van der Waals surface area (Å²) < 4.78 is 0.897. The molecular formula is C13H13BrN2O3. The number of aryl methyl sites for hydroxylation is 1. The van der Waals surface area contributed by atoms with Crippen molar-refractivity contribution in [1.29, 1.82) is 0 Å². The Morgan fingerprint density at radius 2 is 2.21 bits per heavy atom. The summed E-state index contributed by atoms with van der Waals surface area (Å²) in [5.41, 5.74) is 1.47. The van der Waals surface area contributed by atoms with Gasteiger partial charge in [0.25, 0.3) is 0 Å². The van der Waals surface area contributed by atoms with Crippen LogP contribution in [-0.4, -0.2) is 35.1 Å². The Hall–Kier alpha value is -2.00. The number of halogens is 1. The third kappa shape index (κ3) is 4.64. The molecule has 2 amide bonds. The molecule has 0 saturated carbocycles. The number of nitrogens with one attached hydrogen (secondary N) is 1. The summed E-state index contributed by atoms with van der Waals surface area (Å²) in [5, 5.41) is 11.4. The molecule has 0 bridgehead atoms. The molecule has 2 N–H and O–H groups in total. The Morgan fingerprint density at radius 3 is 2.74 bits per heavy atom. The molecule has 0 saturated heterocycles. The van der Waals surface area contributed by atoms with Gasteiger partial charge in [-0.2, -0.15) is 0 Å². The molecule has 0 heterocycles. The fourth-order valence-electron chi connectivity index (χ4n) is 1.43. The number of hydrogen-bond donors (Lipinski definition) is 2. The SMILES string of the molecule is C#CCN(CC(=O)O)C(=O)Nc1ccc(Br)cc1C. The smallest absolute Gasteiger partial charge is 0.323 e. The van der Waals surface area contributed by atoms with Gasteiger partial charge < -0.3 is 15.3 Å². The van der Waals surface area contributed by atoms with Gasteiger partial charge in [-0.3, -0.25) is 4.79 Å². The van der Waals surface area contributed by atoms with Gasteiger partial charge in [0, 0.05) is 10.2 Å². The fraction of sp³-hybridized carbons (Fsp3) is 0.231. The number of carbonyl (C=O) groups is 2.